The maximum absolute atomic E-state index is 12.7. The minimum Gasteiger partial charge on any atom is -0.504 e. The molecule has 1 unspecified atom stereocenters. The third-order valence-corrected chi connectivity index (χ3v) is 10.6. The molecule has 11 nitrogen and oxygen atoms in total. The zero-order valence-corrected chi connectivity index (χ0v) is 27.9. The van der Waals surface area contributed by atoms with E-state index in [1.807, 2.05) is 13.8 Å². The predicted octanol–water partition coefficient (Wildman–Crippen LogP) is 4.16. The number of aliphatic hydroxyl groups excluding tert-OH is 1. The van der Waals surface area contributed by atoms with E-state index in [1.165, 1.54) is 6.08 Å². The number of nitrogens with one attached hydrogen (secondary N) is 4. The van der Waals surface area contributed by atoms with Gasteiger partial charge in [-0.05, 0) is 80.2 Å². The zero-order chi connectivity index (χ0) is 33.4. The molecular weight excluding hydrogens is 629 g/mol. The lowest BCUT2D eigenvalue weighted by Gasteiger charge is -2.20. The van der Waals surface area contributed by atoms with E-state index in [0.29, 0.717) is 52.5 Å². The van der Waals surface area contributed by atoms with Gasteiger partial charge in [0.15, 0.2) is 5.76 Å². The average Bonchev–Trinajstić information content (AvgIpc) is 3.55. The number of carboxylic acids is 2. The van der Waals surface area contributed by atoms with Crippen molar-refractivity contribution in [1.29, 1.82) is 0 Å². The highest BCUT2D eigenvalue weighted by molar-refractivity contribution is 8.07. The number of hydrogen-bond acceptors (Lipinski definition) is 8. The number of hydrogen-bond donors (Lipinski definition) is 8. The minimum atomic E-state index is -1.14. The van der Waals surface area contributed by atoms with Crippen LogP contribution in [-0.2, 0) is 19.2 Å². The quantitative estimate of drug-likeness (QED) is 0.0702. The Balaban J connectivity index is 1.54. The number of thiol groups is 1. The number of carbonyl (C=O) groups is 4. The van der Waals surface area contributed by atoms with E-state index in [9.17, 15) is 34.5 Å². The average molecular weight is 669 g/mol. The summed E-state index contributed by atoms with van der Waals surface area (Å²) in [5.74, 6) is -1.56. The summed E-state index contributed by atoms with van der Waals surface area (Å²) in [5, 5.41) is 40.1. The molecule has 7 N–H and O–H groups in total. The molecule has 0 bridgehead atoms. The number of carboxylic acid groups (broad SMARTS) is 2. The van der Waals surface area contributed by atoms with Crippen molar-refractivity contribution in [3.05, 3.63) is 62.3 Å². The molecule has 46 heavy (non-hydrogen) atoms. The van der Waals surface area contributed by atoms with Gasteiger partial charge in [0.1, 0.15) is 0 Å². The molecule has 0 aliphatic carbocycles. The van der Waals surface area contributed by atoms with E-state index in [2.05, 4.69) is 33.6 Å². The van der Waals surface area contributed by atoms with Crippen molar-refractivity contribution in [3.63, 3.8) is 0 Å². The number of aromatic nitrogens is 1. The van der Waals surface area contributed by atoms with Gasteiger partial charge < -0.3 is 36.3 Å². The maximum atomic E-state index is 12.7. The molecule has 5 rings (SSSR count). The Bertz CT molecular complexity index is 1650. The molecule has 0 radical (unpaired) electrons. The summed E-state index contributed by atoms with van der Waals surface area (Å²) in [5.41, 5.74) is 6.71. The normalized spacial score (nSPS) is 27.9. The first kappa shape index (κ1) is 33.5. The van der Waals surface area contributed by atoms with E-state index in [4.69, 9.17) is 0 Å². The fourth-order valence-electron chi connectivity index (χ4n) is 6.70. The highest BCUT2D eigenvalue weighted by atomic mass is 32.2. The molecule has 0 saturated carbocycles. The van der Waals surface area contributed by atoms with Crippen LogP contribution in [0.15, 0.2) is 39.8 Å². The van der Waals surface area contributed by atoms with Crippen LogP contribution in [0.25, 0.3) is 17.9 Å². The maximum Gasteiger partial charge on any atom is 0.328 e. The van der Waals surface area contributed by atoms with Gasteiger partial charge in [-0.15, -0.1) is 0 Å². The number of allylic oxidation sites excluding steroid dienone is 2. The summed E-state index contributed by atoms with van der Waals surface area (Å²) >= 11 is 6.09. The van der Waals surface area contributed by atoms with Crippen LogP contribution in [0, 0.1) is 18.8 Å². The second kappa shape index (κ2) is 13.5. The van der Waals surface area contributed by atoms with Crippen LogP contribution in [0.3, 0.4) is 0 Å². The second-order valence-electron chi connectivity index (χ2n) is 12.3. The fraction of sp³-hybridized carbons (Fsp3) is 0.455. The molecule has 4 aliphatic rings. The highest BCUT2D eigenvalue weighted by Crippen LogP contribution is 2.42. The van der Waals surface area contributed by atoms with Crippen molar-refractivity contribution in [2.24, 2.45) is 11.8 Å². The molecule has 5 atom stereocenters. The lowest BCUT2D eigenvalue weighted by Crippen LogP contribution is -2.36. The lowest BCUT2D eigenvalue weighted by atomic mass is 9.91. The molecule has 4 aliphatic heterocycles. The van der Waals surface area contributed by atoms with Crippen molar-refractivity contribution in [1.82, 2.24) is 20.9 Å². The van der Waals surface area contributed by atoms with Gasteiger partial charge in [-0.25, -0.2) is 4.79 Å². The number of rotatable bonds is 12. The molecule has 1 aromatic heterocycles. The van der Waals surface area contributed by atoms with Gasteiger partial charge >= 0.3 is 11.9 Å². The van der Waals surface area contributed by atoms with E-state index in [1.54, 1.807) is 31.7 Å². The summed E-state index contributed by atoms with van der Waals surface area (Å²) < 4.78 is 0. The smallest absolute Gasteiger partial charge is 0.328 e. The highest BCUT2D eigenvalue weighted by Gasteiger charge is 2.41. The Labute approximate surface area is 277 Å². The summed E-state index contributed by atoms with van der Waals surface area (Å²) in [6.07, 6.45) is 5.60. The first-order chi connectivity index (χ1) is 21.8. The largest absolute Gasteiger partial charge is 0.504 e. The number of aliphatic carboxylic acids is 2. The molecule has 0 aromatic carbocycles. The number of aliphatic hydroxyl groups is 1. The van der Waals surface area contributed by atoms with Crippen LogP contribution in [-0.4, -0.2) is 72.9 Å². The van der Waals surface area contributed by atoms with Gasteiger partial charge in [-0.2, -0.15) is 24.4 Å². The third-order valence-electron chi connectivity index (χ3n) is 9.45. The summed E-state index contributed by atoms with van der Waals surface area (Å²) in [4.78, 5) is 51.6. The lowest BCUT2D eigenvalue weighted by molar-refractivity contribution is -0.137. The molecule has 0 spiro atoms. The molecule has 2 saturated heterocycles. The standard InChI is InChI=1S/C33H40N4O7S2/c1-14-18(5-7-26(38)39)23(34-21(14)11-22-17(4)28(25-13-46-25)33(44)36-22)12-24-19(6-8-27(40)41)15(2)29(35-24)31(42)30-20(9-10-45)16(3)32(43)37-30/h6,8,12,16,20-22,25,34-35,42,45H,5,7,9-11,13H2,1-4H3,(H,36,44)(H,37,43)(H,38,39)(H,40,41)/b8-6-,23-12+,31-30+/t16-,20-,21?,22-,25-/m1/s1. The first-order valence-corrected chi connectivity index (χ1v) is 17.0. The molecule has 5 heterocycles. The molecule has 13 heteroatoms. The molecule has 246 valence electrons. The van der Waals surface area contributed by atoms with Crippen LogP contribution in [0.2, 0.25) is 0 Å². The van der Waals surface area contributed by atoms with Crippen LogP contribution in [0.4, 0.5) is 0 Å². The van der Waals surface area contributed by atoms with Gasteiger partial charge in [0.25, 0.3) is 0 Å². The van der Waals surface area contributed by atoms with Crippen LogP contribution < -0.4 is 16.0 Å². The van der Waals surface area contributed by atoms with Crippen molar-refractivity contribution < 1.29 is 34.5 Å². The SMILES string of the molecule is CC1=C(CCC(=O)O)/C(=C\c2[nH]c(/C(O)=C3\NC(=O)[C@H](C)[C@H]3CCS)c(C)c2/C=C\C(=O)O)NC1C[C@H]1NC(=O)C([C@H]2CS2)=C1C. The van der Waals surface area contributed by atoms with Crippen LogP contribution in [0.1, 0.15) is 69.0 Å². The fourth-order valence-corrected chi connectivity index (χ4v) is 7.70. The summed E-state index contributed by atoms with van der Waals surface area (Å²) in [6.45, 7) is 7.51. The third kappa shape index (κ3) is 6.66. The Hall–Kier alpha value is -3.84. The topological polar surface area (TPSA) is 181 Å². The van der Waals surface area contributed by atoms with Crippen molar-refractivity contribution in [2.45, 2.75) is 70.7 Å². The Morgan fingerprint density at radius 3 is 2.39 bits per heavy atom. The molecule has 2 fully saturated rings. The number of aromatic amines is 1. The van der Waals surface area contributed by atoms with Gasteiger partial charge in [0.05, 0.1) is 17.4 Å². The molecular formula is C33H40N4O7S2. The first-order valence-electron chi connectivity index (χ1n) is 15.3. The van der Waals surface area contributed by atoms with Gasteiger partial charge in [-0.1, -0.05) is 6.92 Å². The monoisotopic (exact) mass is 668 g/mol. The Morgan fingerprint density at radius 2 is 1.76 bits per heavy atom. The number of amides is 2. The number of H-pyrrole nitrogens is 1. The molecule has 1 aromatic rings. The van der Waals surface area contributed by atoms with E-state index >= 15 is 0 Å². The van der Waals surface area contributed by atoms with Crippen molar-refractivity contribution in [3.8, 4) is 0 Å². The van der Waals surface area contributed by atoms with E-state index in [-0.39, 0.29) is 59.6 Å². The van der Waals surface area contributed by atoms with Crippen LogP contribution >= 0.6 is 24.4 Å². The Kier molecular flexibility index (Phi) is 9.83. The molecule has 2 amide bonds. The van der Waals surface area contributed by atoms with Crippen molar-refractivity contribution in [2.75, 3.05) is 11.5 Å². The van der Waals surface area contributed by atoms with Crippen molar-refractivity contribution >= 4 is 66.1 Å². The minimum absolute atomic E-state index is 0.0263. The summed E-state index contributed by atoms with van der Waals surface area (Å²) in [6, 6.07) is -0.329. The van der Waals surface area contributed by atoms with Gasteiger partial charge in [0, 0.05) is 63.9 Å². The van der Waals surface area contributed by atoms with Crippen LogP contribution in [0.5, 0.6) is 0 Å². The number of thioether (sulfide) groups is 1. The van der Waals surface area contributed by atoms with Gasteiger partial charge in [-0.3, -0.25) is 14.4 Å². The Morgan fingerprint density at radius 1 is 1.07 bits per heavy atom. The summed E-state index contributed by atoms with van der Waals surface area (Å²) in [7, 11) is 0. The zero-order valence-electron chi connectivity index (χ0n) is 26.2. The predicted molar refractivity (Wildman–Crippen MR) is 181 cm³/mol. The number of carbonyl (C=O) groups excluding carboxylic acids is 2. The van der Waals surface area contributed by atoms with Gasteiger partial charge in [0.2, 0.25) is 11.8 Å². The second-order valence-corrected chi connectivity index (χ2v) is 14.0. The van der Waals surface area contributed by atoms with E-state index in [0.717, 1.165) is 34.1 Å². The van der Waals surface area contributed by atoms with E-state index < -0.39 is 11.9 Å².